The third kappa shape index (κ3) is 4.19. The van der Waals surface area contributed by atoms with Crippen molar-refractivity contribution < 1.29 is 17.9 Å². The monoisotopic (exact) mass is 377 g/mol. The molecular formula is C20H27NO4S. The molecule has 0 aliphatic carbocycles. The Morgan fingerprint density at radius 2 is 1.54 bits per heavy atom. The summed E-state index contributed by atoms with van der Waals surface area (Å²) in [5.41, 5.74) is 3.32. The topological polar surface area (TPSA) is 64.6 Å². The number of benzene rings is 2. The van der Waals surface area contributed by atoms with Gasteiger partial charge in [0.15, 0.2) is 0 Å². The summed E-state index contributed by atoms with van der Waals surface area (Å²) in [6.07, 6.45) is 0.638. The summed E-state index contributed by atoms with van der Waals surface area (Å²) in [6, 6.07) is 8.82. The standard InChI is InChI=1S/C20H27NO4S/c1-7-17(16-8-9-18(24-5)13(2)10-16)21-26(22,23)20-12-14(3)19(25-6)11-15(20)4/h8-12,17,21H,7H2,1-6H3/t17-/m0/s1. The minimum Gasteiger partial charge on any atom is -0.496 e. The molecule has 0 aromatic heterocycles. The van der Waals surface area contributed by atoms with Crippen LogP contribution < -0.4 is 14.2 Å². The molecule has 0 aliphatic heterocycles. The van der Waals surface area contributed by atoms with Crippen molar-refractivity contribution in [2.24, 2.45) is 0 Å². The first-order valence-corrected chi connectivity index (χ1v) is 10.0. The maximum Gasteiger partial charge on any atom is 0.241 e. The normalized spacial score (nSPS) is 12.7. The Morgan fingerprint density at radius 3 is 2.08 bits per heavy atom. The highest BCUT2D eigenvalue weighted by Gasteiger charge is 2.23. The van der Waals surface area contributed by atoms with Crippen LogP contribution in [0.3, 0.4) is 0 Å². The Morgan fingerprint density at radius 1 is 0.923 bits per heavy atom. The summed E-state index contributed by atoms with van der Waals surface area (Å²) >= 11 is 0. The average molecular weight is 378 g/mol. The zero-order chi connectivity index (χ0) is 19.5. The maximum atomic E-state index is 13.0. The summed E-state index contributed by atoms with van der Waals surface area (Å²) in [5.74, 6) is 1.47. The molecule has 0 spiro atoms. The maximum absolute atomic E-state index is 13.0. The highest BCUT2D eigenvalue weighted by Crippen LogP contribution is 2.29. The predicted molar refractivity (Wildman–Crippen MR) is 104 cm³/mol. The van der Waals surface area contributed by atoms with Gasteiger partial charge in [-0.15, -0.1) is 0 Å². The molecule has 6 heteroatoms. The molecule has 26 heavy (non-hydrogen) atoms. The number of hydrogen-bond acceptors (Lipinski definition) is 4. The molecule has 0 amide bonds. The smallest absolute Gasteiger partial charge is 0.241 e. The van der Waals surface area contributed by atoms with Crippen LogP contribution in [0.15, 0.2) is 35.2 Å². The van der Waals surface area contributed by atoms with Gasteiger partial charge in [-0.05, 0) is 67.6 Å². The van der Waals surface area contributed by atoms with Crippen LogP contribution in [0.5, 0.6) is 11.5 Å². The van der Waals surface area contributed by atoms with Gasteiger partial charge in [-0.2, -0.15) is 0 Å². The van der Waals surface area contributed by atoms with Gasteiger partial charge in [0.05, 0.1) is 19.1 Å². The van der Waals surface area contributed by atoms with E-state index in [2.05, 4.69) is 4.72 Å². The van der Waals surface area contributed by atoms with Crippen molar-refractivity contribution in [3.63, 3.8) is 0 Å². The molecule has 2 rings (SSSR count). The Bertz CT molecular complexity index is 891. The molecule has 2 aromatic rings. The molecule has 1 N–H and O–H groups in total. The SMILES string of the molecule is CC[C@H](NS(=O)(=O)c1cc(C)c(OC)cc1C)c1ccc(OC)c(C)c1. The van der Waals surface area contributed by atoms with E-state index in [1.54, 1.807) is 33.3 Å². The lowest BCUT2D eigenvalue weighted by molar-refractivity contribution is 0.411. The molecule has 2 aromatic carbocycles. The van der Waals surface area contributed by atoms with Crippen LogP contribution in [0.2, 0.25) is 0 Å². The third-order valence-electron chi connectivity index (χ3n) is 4.51. The molecule has 0 unspecified atom stereocenters. The molecule has 0 fully saturated rings. The van der Waals surface area contributed by atoms with Gasteiger partial charge in [-0.3, -0.25) is 0 Å². The van der Waals surface area contributed by atoms with E-state index in [1.807, 2.05) is 39.0 Å². The molecular weight excluding hydrogens is 350 g/mol. The molecule has 0 bridgehead atoms. The second-order valence-electron chi connectivity index (χ2n) is 6.40. The number of nitrogens with one attached hydrogen (secondary N) is 1. The number of methoxy groups -OCH3 is 2. The largest absolute Gasteiger partial charge is 0.496 e. The van der Waals surface area contributed by atoms with E-state index in [9.17, 15) is 8.42 Å². The molecule has 0 radical (unpaired) electrons. The third-order valence-corrected chi connectivity index (χ3v) is 6.12. The van der Waals surface area contributed by atoms with Gasteiger partial charge in [0, 0.05) is 6.04 Å². The highest BCUT2D eigenvalue weighted by molar-refractivity contribution is 7.89. The summed E-state index contributed by atoms with van der Waals surface area (Å²) in [7, 11) is -0.465. The van der Waals surface area contributed by atoms with E-state index in [0.29, 0.717) is 17.7 Å². The van der Waals surface area contributed by atoms with Crippen LogP contribution in [-0.4, -0.2) is 22.6 Å². The van der Waals surface area contributed by atoms with Crippen LogP contribution in [0.1, 0.15) is 41.6 Å². The van der Waals surface area contributed by atoms with E-state index in [1.165, 1.54) is 0 Å². The Hall–Kier alpha value is -2.05. The van der Waals surface area contributed by atoms with Gasteiger partial charge in [0.1, 0.15) is 11.5 Å². The fourth-order valence-electron chi connectivity index (χ4n) is 3.03. The van der Waals surface area contributed by atoms with Crippen molar-refractivity contribution >= 4 is 10.0 Å². The number of aryl methyl sites for hydroxylation is 3. The molecule has 0 saturated heterocycles. The van der Waals surface area contributed by atoms with Gasteiger partial charge in [-0.1, -0.05) is 19.1 Å². The van der Waals surface area contributed by atoms with E-state index in [4.69, 9.17) is 9.47 Å². The van der Waals surface area contributed by atoms with Gasteiger partial charge < -0.3 is 9.47 Å². The number of sulfonamides is 1. The first-order chi connectivity index (χ1) is 12.2. The quantitative estimate of drug-likeness (QED) is 0.790. The minimum atomic E-state index is -3.66. The number of rotatable bonds is 7. The van der Waals surface area contributed by atoms with Crippen LogP contribution in [-0.2, 0) is 10.0 Å². The first-order valence-electron chi connectivity index (χ1n) is 8.55. The van der Waals surface area contributed by atoms with Crippen molar-refractivity contribution in [3.05, 3.63) is 52.6 Å². The summed E-state index contributed by atoms with van der Waals surface area (Å²) in [6.45, 7) is 7.51. The lowest BCUT2D eigenvalue weighted by atomic mass is 10.0. The van der Waals surface area contributed by atoms with Crippen LogP contribution in [0.4, 0.5) is 0 Å². The van der Waals surface area contributed by atoms with Gasteiger partial charge in [0.25, 0.3) is 0 Å². The Balaban J connectivity index is 2.38. The second-order valence-corrected chi connectivity index (χ2v) is 8.08. The first kappa shape index (κ1) is 20.3. The summed E-state index contributed by atoms with van der Waals surface area (Å²) in [4.78, 5) is 0.277. The van der Waals surface area contributed by atoms with Crippen molar-refractivity contribution in [1.29, 1.82) is 0 Å². The minimum absolute atomic E-state index is 0.277. The zero-order valence-corrected chi connectivity index (χ0v) is 17.0. The lowest BCUT2D eigenvalue weighted by Gasteiger charge is -2.20. The van der Waals surface area contributed by atoms with Crippen molar-refractivity contribution in [2.75, 3.05) is 14.2 Å². The van der Waals surface area contributed by atoms with Gasteiger partial charge in [-0.25, -0.2) is 13.1 Å². The second kappa shape index (κ2) is 8.10. The number of hydrogen-bond donors (Lipinski definition) is 1. The van der Waals surface area contributed by atoms with Gasteiger partial charge >= 0.3 is 0 Å². The molecule has 142 valence electrons. The highest BCUT2D eigenvalue weighted by atomic mass is 32.2. The molecule has 0 saturated carbocycles. The predicted octanol–water partition coefficient (Wildman–Crippen LogP) is 4.06. The zero-order valence-electron chi connectivity index (χ0n) is 16.2. The van der Waals surface area contributed by atoms with Crippen molar-refractivity contribution in [3.8, 4) is 11.5 Å². The fourth-order valence-corrected chi connectivity index (χ4v) is 4.65. The van der Waals surface area contributed by atoms with Crippen LogP contribution in [0, 0.1) is 20.8 Å². The molecule has 0 aliphatic rings. The van der Waals surface area contributed by atoms with E-state index < -0.39 is 10.0 Å². The summed E-state index contributed by atoms with van der Waals surface area (Å²) < 4.78 is 39.4. The van der Waals surface area contributed by atoms with E-state index >= 15 is 0 Å². The lowest BCUT2D eigenvalue weighted by Crippen LogP contribution is -2.29. The number of ether oxygens (including phenoxy) is 2. The Kier molecular flexibility index (Phi) is 6.31. The molecule has 1 atom stereocenters. The van der Waals surface area contributed by atoms with E-state index in [-0.39, 0.29) is 10.9 Å². The fraction of sp³-hybridized carbons (Fsp3) is 0.400. The van der Waals surface area contributed by atoms with Crippen LogP contribution >= 0.6 is 0 Å². The average Bonchev–Trinajstić information content (AvgIpc) is 2.61. The molecule has 5 nitrogen and oxygen atoms in total. The van der Waals surface area contributed by atoms with E-state index in [0.717, 1.165) is 22.4 Å². The molecule has 0 heterocycles. The van der Waals surface area contributed by atoms with Crippen LogP contribution in [0.25, 0.3) is 0 Å². The van der Waals surface area contributed by atoms with Crippen molar-refractivity contribution in [1.82, 2.24) is 4.72 Å². The summed E-state index contributed by atoms with van der Waals surface area (Å²) in [5, 5.41) is 0. The van der Waals surface area contributed by atoms with Gasteiger partial charge in [0.2, 0.25) is 10.0 Å². The Labute approximate surface area is 156 Å². The van der Waals surface area contributed by atoms with Crippen molar-refractivity contribution in [2.45, 2.75) is 45.1 Å².